The van der Waals surface area contributed by atoms with Crippen molar-refractivity contribution < 1.29 is 9.90 Å². The predicted molar refractivity (Wildman–Crippen MR) is 72.2 cm³/mol. The lowest BCUT2D eigenvalue weighted by Gasteiger charge is -2.11. The first-order valence-electron chi connectivity index (χ1n) is 6.15. The van der Waals surface area contributed by atoms with Gasteiger partial charge in [0.05, 0.1) is 5.56 Å². The molecule has 0 aliphatic heterocycles. The van der Waals surface area contributed by atoms with Gasteiger partial charge in [-0.3, -0.25) is 0 Å². The summed E-state index contributed by atoms with van der Waals surface area (Å²) < 4.78 is 0. The number of aromatic carboxylic acids is 1. The SMILES string of the molecule is CCc1cc(C(=O)O)cc(NCCCN(C)C)n1. The number of aryl methyl sites for hydroxylation is 1. The summed E-state index contributed by atoms with van der Waals surface area (Å²) in [6.07, 6.45) is 1.72. The first-order chi connectivity index (χ1) is 8.52. The third-order valence-corrected chi connectivity index (χ3v) is 2.58. The molecule has 2 N–H and O–H groups in total. The summed E-state index contributed by atoms with van der Waals surface area (Å²) in [7, 11) is 4.05. The monoisotopic (exact) mass is 251 g/mol. The molecule has 0 aliphatic carbocycles. The van der Waals surface area contributed by atoms with Gasteiger partial charge in [-0.15, -0.1) is 0 Å². The second kappa shape index (κ2) is 6.96. The van der Waals surface area contributed by atoms with Crippen LogP contribution in [0.25, 0.3) is 0 Å². The molecule has 0 spiro atoms. The lowest BCUT2D eigenvalue weighted by Crippen LogP contribution is -2.17. The van der Waals surface area contributed by atoms with E-state index in [0.29, 0.717) is 5.82 Å². The minimum Gasteiger partial charge on any atom is -0.478 e. The van der Waals surface area contributed by atoms with Crippen LogP contribution in [0.5, 0.6) is 0 Å². The van der Waals surface area contributed by atoms with Gasteiger partial charge in [-0.1, -0.05) is 6.92 Å². The van der Waals surface area contributed by atoms with E-state index >= 15 is 0 Å². The molecule has 0 saturated heterocycles. The Morgan fingerprint density at radius 2 is 2.17 bits per heavy atom. The standard InChI is InChI=1S/C13H21N3O2/c1-4-11-8-10(13(17)18)9-12(15-11)14-6-5-7-16(2)3/h8-9H,4-7H2,1-3H3,(H,14,15)(H,17,18). The van der Waals surface area contributed by atoms with Crippen LogP contribution in [0.1, 0.15) is 29.4 Å². The Bertz CT molecular complexity index is 405. The fraction of sp³-hybridized carbons (Fsp3) is 0.538. The van der Waals surface area contributed by atoms with E-state index in [0.717, 1.165) is 31.6 Å². The van der Waals surface area contributed by atoms with Crippen LogP contribution in [0.3, 0.4) is 0 Å². The van der Waals surface area contributed by atoms with Crippen molar-refractivity contribution in [2.75, 3.05) is 32.5 Å². The zero-order valence-corrected chi connectivity index (χ0v) is 11.2. The second-order valence-corrected chi connectivity index (χ2v) is 4.47. The molecule has 0 saturated carbocycles. The number of aromatic nitrogens is 1. The van der Waals surface area contributed by atoms with Gasteiger partial charge >= 0.3 is 5.97 Å². The van der Waals surface area contributed by atoms with E-state index in [1.807, 2.05) is 21.0 Å². The van der Waals surface area contributed by atoms with Crippen molar-refractivity contribution in [2.45, 2.75) is 19.8 Å². The molecular formula is C13H21N3O2. The normalized spacial score (nSPS) is 10.7. The third-order valence-electron chi connectivity index (χ3n) is 2.58. The van der Waals surface area contributed by atoms with Crippen LogP contribution in [0.4, 0.5) is 5.82 Å². The lowest BCUT2D eigenvalue weighted by atomic mass is 10.2. The molecule has 0 fully saturated rings. The Balaban J connectivity index is 2.64. The smallest absolute Gasteiger partial charge is 0.335 e. The van der Waals surface area contributed by atoms with Crippen molar-refractivity contribution in [1.82, 2.24) is 9.88 Å². The van der Waals surface area contributed by atoms with Gasteiger partial charge in [0.15, 0.2) is 0 Å². The molecule has 0 aromatic carbocycles. The number of pyridine rings is 1. The Morgan fingerprint density at radius 3 is 2.72 bits per heavy atom. The summed E-state index contributed by atoms with van der Waals surface area (Å²) in [4.78, 5) is 17.5. The highest BCUT2D eigenvalue weighted by Gasteiger charge is 2.07. The highest BCUT2D eigenvalue weighted by molar-refractivity contribution is 5.88. The van der Waals surface area contributed by atoms with E-state index in [9.17, 15) is 4.79 Å². The molecule has 0 bridgehead atoms. The van der Waals surface area contributed by atoms with Crippen LogP contribution < -0.4 is 5.32 Å². The summed E-state index contributed by atoms with van der Waals surface area (Å²) >= 11 is 0. The van der Waals surface area contributed by atoms with E-state index in [1.54, 1.807) is 12.1 Å². The zero-order valence-electron chi connectivity index (χ0n) is 11.2. The molecule has 0 amide bonds. The molecule has 5 nitrogen and oxygen atoms in total. The minimum atomic E-state index is -0.913. The van der Waals surface area contributed by atoms with E-state index < -0.39 is 5.97 Å². The van der Waals surface area contributed by atoms with Gasteiger partial charge in [0.25, 0.3) is 0 Å². The number of nitrogens with zero attached hydrogens (tertiary/aromatic N) is 2. The highest BCUT2D eigenvalue weighted by Crippen LogP contribution is 2.11. The Labute approximate surface area is 108 Å². The van der Waals surface area contributed by atoms with Crippen LogP contribution in [-0.2, 0) is 6.42 Å². The van der Waals surface area contributed by atoms with Crippen molar-refractivity contribution in [3.8, 4) is 0 Å². The van der Waals surface area contributed by atoms with E-state index in [1.165, 1.54) is 0 Å². The summed E-state index contributed by atoms with van der Waals surface area (Å²) in [6.45, 7) is 3.74. The first-order valence-corrected chi connectivity index (χ1v) is 6.15. The van der Waals surface area contributed by atoms with Gasteiger partial charge in [0, 0.05) is 12.2 Å². The topological polar surface area (TPSA) is 65.5 Å². The number of carbonyl (C=O) groups is 1. The molecule has 1 rings (SSSR count). The van der Waals surface area contributed by atoms with E-state index in [2.05, 4.69) is 15.2 Å². The molecule has 5 heteroatoms. The van der Waals surface area contributed by atoms with Crippen molar-refractivity contribution in [1.29, 1.82) is 0 Å². The van der Waals surface area contributed by atoms with Crippen molar-refractivity contribution in [3.05, 3.63) is 23.4 Å². The Hall–Kier alpha value is -1.62. The van der Waals surface area contributed by atoms with Crippen molar-refractivity contribution in [2.24, 2.45) is 0 Å². The number of nitrogens with one attached hydrogen (secondary N) is 1. The highest BCUT2D eigenvalue weighted by atomic mass is 16.4. The minimum absolute atomic E-state index is 0.289. The van der Waals surface area contributed by atoms with Crippen LogP contribution in [-0.4, -0.2) is 48.1 Å². The maximum atomic E-state index is 11.0. The average molecular weight is 251 g/mol. The van der Waals surface area contributed by atoms with Crippen molar-refractivity contribution in [3.63, 3.8) is 0 Å². The molecule has 0 aliphatic rings. The molecule has 1 aromatic rings. The maximum Gasteiger partial charge on any atom is 0.335 e. The number of hydrogen-bond donors (Lipinski definition) is 2. The zero-order chi connectivity index (χ0) is 13.5. The summed E-state index contributed by atoms with van der Waals surface area (Å²) in [5, 5.41) is 12.2. The van der Waals surface area contributed by atoms with Crippen LogP contribution in [0.2, 0.25) is 0 Å². The largest absolute Gasteiger partial charge is 0.478 e. The Kier molecular flexibility index (Phi) is 5.58. The van der Waals surface area contributed by atoms with Gasteiger partial charge < -0.3 is 15.3 Å². The van der Waals surface area contributed by atoms with Crippen LogP contribution in [0, 0.1) is 0 Å². The molecule has 18 heavy (non-hydrogen) atoms. The first kappa shape index (κ1) is 14.4. The number of anilines is 1. The fourth-order valence-electron chi connectivity index (χ4n) is 1.59. The number of carboxylic acid groups (broad SMARTS) is 1. The maximum absolute atomic E-state index is 11.0. The van der Waals surface area contributed by atoms with Crippen molar-refractivity contribution >= 4 is 11.8 Å². The third kappa shape index (κ3) is 4.71. The number of carboxylic acids is 1. The molecule has 0 atom stereocenters. The van der Waals surface area contributed by atoms with Gasteiger partial charge in [-0.25, -0.2) is 9.78 Å². The fourth-order valence-corrected chi connectivity index (χ4v) is 1.59. The Morgan fingerprint density at radius 1 is 1.44 bits per heavy atom. The molecule has 100 valence electrons. The second-order valence-electron chi connectivity index (χ2n) is 4.47. The van der Waals surface area contributed by atoms with Gasteiger partial charge in [-0.05, 0) is 45.6 Å². The molecule has 0 unspecified atom stereocenters. The van der Waals surface area contributed by atoms with Gasteiger partial charge in [0.1, 0.15) is 5.82 Å². The molecule has 1 heterocycles. The molecular weight excluding hydrogens is 230 g/mol. The predicted octanol–water partition coefficient (Wildman–Crippen LogP) is 1.71. The van der Waals surface area contributed by atoms with E-state index in [4.69, 9.17) is 5.11 Å². The van der Waals surface area contributed by atoms with Gasteiger partial charge in [-0.2, -0.15) is 0 Å². The van der Waals surface area contributed by atoms with Crippen LogP contribution >= 0.6 is 0 Å². The molecule has 0 radical (unpaired) electrons. The molecule has 1 aromatic heterocycles. The summed E-state index contributed by atoms with van der Waals surface area (Å²) in [5.41, 5.74) is 1.09. The average Bonchev–Trinajstić information content (AvgIpc) is 2.34. The summed E-state index contributed by atoms with van der Waals surface area (Å²) in [6, 6.07) is 3.20. The number of rotatable bonds is 7. The number of hydrogen-bond acceptors (Lipinski definition) is 4. The van der Waals surface area contributed by atoms with E-state index in [-0.39, 0.29) is 5.56 Å². The summed E-state index contributed by atoms with van der Waals surface area (Å²) in [5.74, 6) is -0.269. The lowest BCUT2D eigenvalue weighted by molar-refractivity contribution is 0.0696. The van der Waals surface area contributed by atoms with Gasteiger partial charge in [0.2, 0.25) is 0 Å². The quantitative estimate of drug-likeness (QED) is 0.722. The van der Waals surface area contributed by atoms with Crippen LogP contribution in [0.15, 0.2) is 12.1 Å².